The maximum Gasteiger partial charge on any atom is 0.187 e. The van der Waals surface area contributed by atoms with E-state index in [0.717, 1.165) is 5.56 Å². The van der Waals surface area contributed by atoms with Crippen molar-refractivity contribution in [1.82, 2.24) is 9.55 Å². The Balaban J connectivity index is 1.73. The Bertz CT molecular complexity index is 1320. The molecule has 0 amide bonds. The van der Waals surface area contributed by atoms with Crippen LogP contribution in [0.25, 0.3) is 32.3 Å². The highest BCUT2D eigenvalue weighted by molar-refractivity contribution is 6.23. The first-order valence-corrected chi connectivity index (χ1v) is 9.00. The number of benzene rings is 4. The zero-order valence-corrected chi connectivity index (χ0v) is 15.2. The van der Waals surface area contributed by atoms with Gasteiger partial charge in [0.2, 0.25) is 0 Å². The predicted molar refractivity (Wildman–Crippen MR) is 110 cm³/mol. The lowest BCUT2D eigenvalue weighted by Crippen LogP contribution is -2.08. The van der Waals surface area contributed by atoms with Crippen LogP contribution < -0.4 is 0 Å². The van der Waals surface area contributed by atoms with Gasteiger partial charge in [0.25, 0.3) is 0 Å². The molecule has 1 heterocycles. The van der Waals surface area contributed by atoms with E-state index in [2.05, 4.69) is 71.4 Å². The van der Waals surface area contributed by atoms with E-state index in [1.165, 1.54) is 32.3 Å². The largest absolute Gasteiger partial charge is 0.362 e. The van der Waals surface area contributed by atoms with Gasteiger partial charge in [-0.25, -0.2) is 4.98 Å². The monoisotopic (exact) mass is 350 g/mol. The Labute approximate surface area is 157 Å². The summed E-state index contributed by atoms with van der Waals surface area (Å²) in [4.78, 5) is 4.37. The SMILES string of the molecule is COC(C)n1ccnc1C#Cc1ccc2ccc3cccc4ccc1c2c34. The van der Waals surface area contributed by atoms with Gasteiger partial charge in [-0.15, -0.1) is 0 Å². The number of ether oxygens (including phenoxy) is 1. The Morgan fingerprint density at radius 1 is 0.889 bits per heavy atom. The molecule has 5 aromatic rings. The molecule has 0 radical (unpaired) electrons. The van der Waals surface area contributed by atoms with Gasteiger partial charge < -0.3 is 4.74 Å². The van der Waals surface area contributed by atoms with Crippen LogP contribution in [-0.2, 0) is 4.74 Å². The van der Waals surface area contributed by atoms with Crippen molar-refractivity contribution in [2.75, 3.05) is 7.11 Å². The van der Waals surface area contributed by atoms with Gasteiger partial charge in [-0.05, 0) is 51.2 Å². The van der Waals surface area contributed by atoms with Crippen molar-refractivity contribution in [3.63, 3.8) is 0 Å². The summed E-state index contributed by atoms with van der Waals surface area (Å²) in [6.07, 6.45) is 3.55. The van der Waals surface area contributed by atoms with Gasteiger partial charge in [0.1, 0.15) is 6.23 Å². The van der Waals surface area contributed by atoms with Crippen molar-refractivity contribution in [3.8, 4) is 11.8 Å². The first-order chi connectivity index (χ1) is 13.3. The van der Waals surface area contributed by atoms with E-state index in [0.29, 0.717) is 5.82 Å². The molecule has 5 rings (SSSR count). The van der Waals surface area contributed by atoms with Gasteiger partial charge in [-0.2, -0.15) is 0 Å². The zero-order chi connectivity index (χ0) is 18.4. The fourth-order valence-corrected chi connectivity index (χ4v) is 3.78. The summed E-state index contributed by atoms with van der Waals surface area (Å²) in [5.74, 6) is 7.26. The smallest absolute Gasteiger partial charge is 0.187 e. The van der Waals surface area contributed by atoms with Crippen molar-refractivity contribution < 1.29 is 4.74 Å². The van der Waals surface area contributed by atoms with Crippen LogP contribution in [0.5, 0.6) is 0 Å². The molecular formula is C24H18N2O. The summed E-state index contributed by atoms with van der Waals surface area (Å²) in [5.41, 5.74) is 1.01. The topological polar surface area (TPSA) is 27.1 Å². The third kappa shape index (κ3) is 2.46. The average molecular weight is 350 g/mol. The first kappa shape index (κ1) is 15.9. The maximum atomic E-state index is 5.39. The van der Waals surface area contributed by atoms with E-state index in [1.807, 2.05) is 17.7 Å². The summed E-state index contributed by atoms with van der Waals surface area (Å²) >= 11 is 0. The Hall–Kier alpha value is -3.35. The van der Waals surface area contributed by atoms with Crippen molar-refractivity contribution in [2.45, 2.75) is 13.2 Å². The van der Waals surface area contributed by atoms with E-state index in [-0.39, 0.29) is 6.23 Å². The van der Waals surface area contributed by atoms with Gasteiger partial charge in [-0.1, -0.05) is 54.5 Å². The standard InChI is InChI=1S/C24H18N2O/c1-16(27-2)26-15-14-25-22(26)13-11-17-6-7-20-9-8-18-4-3-5-19-10-12-21(17)24(20)23(18)19/h3-10,12,14-16H,1-2H3. The van der Waals surface area contributed by atoms with Crippen LogP contribution in [-0.4, -0.2) is 16.7 Å². The molecule has 1 unspecified atom stereocenters. The minimum absolute atomic E-state index is 0.0989. The van der Waals surface area contributed by atoms with Crippen molar-refractivity contribution in [3.05, 3.63) is 78.4 Å². The molecule has 1 atom stereocenters. The number of rotatable bonds is 2. The molecule has 27 heavy (non-hydrogen) atoms. The fraction of sp³-hybridized carbons (Fsp3) is 0.125. The molecule has 0 saturated heterocycles. The quantitative estimate of drug-likeness (QED) is 0.317. The van der Waals surface area contributed by atoms with E-state index < -0.39 is 0 Å². The summed E-state index contributed by atoms with van der Waals surface area (Å²) in [7, 11) is 1.68. The van der Waals surface area contributed by atoms with Crippen LogP contribution in [0.3, 0.4) is 0 Å². The molecule has 0 saturated carbocycles. The predicted octanol–water partition coefficient (Wildman–Crippen LogP) is 5.35. The molecule has 3 heteroatoms. The van der Waals surface area contributed by atoms with Crippen LogP contribution in [0.4, 0.5) is 0 Å². The lowest BCUT2D eigenvalue weighted by atomic mass is 9.92. The second kappa shape index (κ2) is 6.12. The van der Waals surface area contributed by atoms with E-state index >= 15 is 0 Å². The van der Waals surface area contributed by atoms with Crippen molar-refractivity contribution in [2.24, 2.45) is 0 Å². The number of nitrogens with zero attached hydrogens (tertiary/aromatic N) is 2. The molecule has 0 spiro atoms. The zero-order valence-electron chi connectivity index (χ0n) is 15.2. The summed E-state index contributed by atoms with van der Waals surface area (Å²) < 4.78 is 7.32. The molecule has 3 nitrogen and oxygen atoms in total. The van der Waals surface area contributed by atoms with Gasteiger partial charge in [0.15, 0.2) is 5.82 Å². The van der Waals surface area contributed by atoms with Crippen LogP contribution in [0.2, 0.25) is 0 Å². The highest BCUT2D eigenvalue weighted by Crippen LogP contribution is 2.35. The molecule has 1 aromatic heterocycles. The molecule has 130 valence electrons. The van der Waals surface area contributed by atoms with Crippen LogP contribution in [0.15, 0.2) is 67.0 Å². The van der Waals surface area contributed by atoms with Gasteiger partial charge in [0.05, 0.1) is 0 Å². The Kier molecular flexibility index (Phi) is 3.60. The highest BCUT2D eigenvalue weighted by Gasteiger charge is 2.10. The van der Waals surface area contributed by atoms with Crippen molar-refractivity contribution >= 4 is 32.3 Å². The highest BCUT2D eigenvalue weighted by atomic mass is 16.5. The van der Waals surface area contributed by atoms with E-state index in [9.17, 15) is 0 Å². The fourth-order valence-electron chi connectivity index (χ4n) is 3.78. The molecule has 0 fully saturated rings. The number of methoxy groups -OCH3 is 1. The molecule has 0 bridgehead atoms. The molecule has 4 aromatic carbocycles. The second-order valence-electron chi connectivity index (χ2n) is 6.71. The van der Waals surface area contributed by atoms with Gasteiger partial charge in [-0.3, -0.25) is 4.57 Å². The Morgan fingerprint density at radius 3 is 2.37 bits per heavy atom. The van der Waals surface area contributed by atoms with Gasteiger partial charge in [0, 0.05) is 25.1 Å². The van der Waals surface area contributed by atoms with Gasteiger partial charge >= 0.3 is 0 Å². The first-order valence-electron chi connectivity index (χ1n) is 9.00. The summed E-state index contributed by atoms with van der Waals surface area (Å²) in [6, 6.07) is 19.4. The van der Waals surface area contributed by atoms with Crippen LogP contribution in [0, 0.1) is 11.8 Å². The average Bonchev–Trinajstić information content (AvgIpc) is 3.19. The second-order valence-corrected chi connectivity index (χ2v) is 6.71. The minimum Gasteiger partial charge on any atom is -0.362 e. The summed E-state index contributed by atoms with van der Waals surface area (Å²) in [6.45, 7) is 1.98. The van der Waals surface area contributed by atoms with E-state index in [4.69, 9.17) is 4.74 Å². The maximum absolute atomic E-state index is 5.39. The van der Waals surface area contributed by atoms with Crippen LogP contribution >= 0.6 is 0 Å². The number of hydrogen-bond donors (Lipinski definition) is 0. The van der Waals surface area contributed by atoms with Crippen LogP contribution in [0.1, 0.15) is 24.5 Å². The molecule has 0 aliphatic carbocycles. The number of aromatic nitrogens is 2. The normalized spacial score (nSPS) is 12.5. The van der Waals surface area contributed by atoms with E-state index in [1.54, 1.807) is 13.3 Å². The number of imidazole rings is 1. The lowest BCUT2D eigenvalue weighted by Gasteiger charge is -2.12. The Morgan fingerprint density at radius 2 is 1.59 bits per heavy atom. The number of hydrogen-bond acceptors (Lipinski definition) is 2. The third-order valence-electron chi connectivity index (χ3n) is 5.24. The minimum atomic E-state index is -0.0989. The molecular weight excluding hydrogens is 332 g/mol. The molecule has 0 aliphatic rings. The lowest BCUT2D eigenvalue weighted by molar-refractivity contribution is 0.0597. The van der Waals surface area contributed by atoms with Crippen molar-refractivity contribution in [1.29, 1.82) is 0 Å². The molecule has 0 aliphatic heterocycles. The summed E-state index contributed by atoms with van der Waals surface area (Å²) in [5, 5.41) is 7.55. The molecule has 0 N–H and O–H groups in total. The third-order valence-corrected chi connectivity index (χ3v) is 5.24.